The maximum atomic E-state index is 12.9. The first kappa shape index (κ1) is 57.0. The first-order valence-electron chi connectivity index (χ1n) is 24.7. The summed E-state index contributed by atoms with van der Waals surface area (Å²) in [4.78, 5) is 25.3. The molecule has 0 aliphatic heterocycles. The number of hydrogen-bond donors (Lipinski definition) is 2. The Bertz CT molecular complexity index is 1000. The van der Waals surface area contributed by atoms with Crippen molar-refractivity contribution in [3.8, 4) is 0 Å². The van der Waals surface area contributed by atoms with E-state index in [0.29, 0.717) is 17.4 Å². The van der Waals surface area contributed by atoms with Gasteiger partial charge in [0.2, 0.25) is 5.91 Å². The number of nitrogens with zero attached hydrogens (tertiary/aromatic N) is 1. The number of quaternary nitrogens is 1. The fourth-order valence-electron chi connectivity index (χ4n) is 7.21. The number of phosphoric acid groups is 1. The van der Waals surface area contributed by atoms with Crippen molar-refractivity contribution in [2.75, 3.05) is 40.9 Å². The Labute approximate surface area is 360 Å². The molecule has 0 aromatic carbocycles. The van der Waals surface area contributed by atoms with Gasteiger partial charge in [0.1, 0.15) is 13.2 Å². The number of carbonyl (C=O) groups excluding carboxylic acids is 1. The predicted molar refractivity (Wildman–Crippen MR) is 247 cm³/mol. The molecule has 0 aliphatic rings. The molecule has 0 aliphatic carbocycles. The highest BCUT2D eigenvalue weighted by atomic mass is 31.2. The van der Waals surface area contributed by atoms with Gasteiger partial charge in [-0.05, 0) is 44.9 Å². The van der Waals surface area contributed by atoms with Crippen LogP contribution >= 0.6 is 7.82 Å². The normalized spacial score (nSPS) is 14.4. The van der Waals surface area contributed by atoms with Crippen LogP contribution in [-0.4, -0.2) is 68.5 Å². The van der Waals surface area contributed by atoms with E-state index in [1.807, 2.05) is 27.2 Å². The van der Waals surface area contributed by atoms with Crippen LogP contribution in [-0.2, 0) is 18.4 Å². The second-order valence-electron chi connectivity index (χ2n) is 18.2. The van der Waals surface area contributed by atoms with Crippen LogP contribution in [0.15, 0.2) is 24.3 Å². The van der Waals surface area contributed by atoms with Crippen LogP contribution in [0.3, 0.4) is 0 Å². The van der Waals surface area contributed by atoms with Crippen molar-refractivity contribution in [3.63, 3.8) is 0 Å². The summed E-state index contributed by atoms with van der Waals surface area (Å²) in [6.07, 6.45) is 49.4. The molecule has 0 saturated carbocycles. The van der Waals surface area contributed by atoms with Gasteiger partial charge in [0.15, 0.2) is 0 Å². The highest BCUT2D eigenvalue weighted by molar-refractivity contribution is 7.45. The molecule has 0 radical (unpaired) electrons. The maximum absolute atomic E-state index is 12.9. The average Bonchev–Trinajstić information content (AvgIpc) is 3.17. The Kier molecular flexibility index (Phi) is 40.6. The summed E-state index contributed by atoms with van der Waals surface area (Å²) in [6, 6.07) is -0.882. The van der Waals surface area contributed by atoms with Gasteiger partial charge in [0.05, 0.1) is 39.9 Å². The van der Waals surface area contributed by atoms with Gasteiger partial charge in [0.25, 0.3) is 7.82 Å². The molecule has 9 heteroatoms. The zero-order valence-corrected chi connectivity index (χ0v) is 39.9. The van der Waals surface area contributed by atoms with Crippen LogP contribution in [0.5, 0.6) is 0 Å². The molecule has 1 amide bonds. The van der Waals surface area contributed by atoms with Crippen molar-refractivity contribution in [1.29, 1.82) is 0 Å². The summed E-state index contributed by atoms with van der Waals surface area (Å²) >= 11 is 0. The smallest absolute Gasteiger partial charge is 0.268 e. The van der Waals surface area contributed by atoms with Crippen molar-refractivity contribution >= 4 is 13.7 Å². The Morgan fingerprint density at radius 2 is 0.948 bits per heavy atom. The number of likely N-dealkylation sites (N-methyl/N-ethyl adjacent to an activating group) is 1. The van der Waals surface area contributed by atoms with E-state index in [9.17, 15) is 19.4 Å². The van der Waals surface area contributed by atoms with E-state index in [-0.39, 0.29) is 19.1 Å². The lowest BCUT2D eigenvalue weighted by molar-refractivity contribution is -0.870. The first-order chi connectivity index (χ1) is 28.0. The zero-order valence-electron chi connectivity index (χ0n) is 39.0. The summed E-state index contributed by atoms with van der Waals surface area (Å²) in [6.45, 7) is 4.65. The van der Waals surface area contributed by atoms with Crippen LogP contribution in [0.1, 0.15) is 232 Å². The van der Waals surface area contributed by atoms with Gasteiger partial charge in [0, 0.05) is 6.42 Å². The summed E-state index contributed by atoms with van der Waals surface area (Å²) < 4.78 is 23.2. The van der Waals surface area contributed by atoms with Crippen molar-refractivity contribution in [1.82, 2.24) is 5.32 Å². The number of allylic oxidation sites excluding steroid dienone is 3. The van der Waals surface area contributed by atoms with Crippen LogP contribution in [0.25, 0.3) is 0 Å². The minimum atomic E-state index is -4.58. The third-order valence-electron chi connectivity index (χ3n) is 11.2. The number of aliphatic hydroxyl groups is 1. The molecule has 8 nitrogen and oxygen atoms in total. The Hall–Kier alpha value is -1.02. The number of unbranched alkanes of at least 4 members (excludes halogenated alkanes) is 30. The molecule has 58 heavy (non-hydrogen) atoms. The lowest BCUT2D eigenvalue weighted by Gasteiger charge is -2.29. The number of carbonyl (C=O) groups is 1. The molecular weight excluding hydrogens is 744 g/mol. The molecule has 0 aromatic rings. The van der Waals surface area contributed by atoms with Gasteiger partial charge < -0.3 is 28.8 Å². The van der Waals surface area contributed by atoms with Gasteiger partial charge in [-0.2, -0.15) is 0 Å². The molecule has 344 valence electrons. The third kappa shape index (κ3) is 43.1. The fraction of sp³-hybridized carbons (Fsp3) is 0.898. The van der Waals surface area contributed by atoms with Gasteiger partial charge in [-0.3, -0.25) is 9.36 Å². The number of phosphoric ester groups is 1. The lowest BCUT2D eigenvalue weighted by atomic mass is 10.0. The van der Waals surface area contributed by atoms with Crippen molar-refractivity contribution in [2.45, 2.75) is 244 Å². The quantitative estimate of drug-likeness (QED) is 0.0274. The molecule has 0 fully saturated rings. The highest BCUT2D eigenvalue weighted by Gasteiger charge is 2.23. The van der Waals surface area contributed by atoms with Crippen LogP contribution in [0.2, 0.25) is 0 Å². The van der Waals surface area contributed by atoms with E-state index in [1.165, 1.54) is 173 Å². The minimum Gasteiger partial charge on any atom is -0.756 e. The Morgan fingerprint density at radius 1 is 0.586 bits per heavy atom. The van der Waals surface area contributed by atoms with E-state index in [2.05, 4.69) is 31.3 Å². The number of aliphatic hydroxyl groups excluding tert-OH is 1. The van der Waals surface area contributed by atoms with Crippen LogP contribution < -0.4 is 10.2 Å². The monoisotopic (exact) mass is 841 g/mol. The van der Waals surface area contributed by atoms with E-state index in [4.69, 9.17) is 9.05 Å². The molecule has 2 N–H and O–H groups in total. The molecule has 3 atom stereocenters. The van der Waals surface area contributed by atoms with Crippen molar-refractivity contribution in [2.24, 2.45) is 0 Å². The molecular formula is C49H97N2O6P. The minimum absolute atomic E-state index is 0.000570. The van der Waals surface area contributed by atoms with Gasteiger partial charge in [-0.15, -0.1) is 0 Å². The second kappa shape index (κ2) is 41.3. The number of rotatable bonds is 45. The van der Waals surface area contributed by atoms with E-state index in [1.54, 1.807) is 6.08 Å². The van der Waals surface area contributed by atoms with E-state index < -0.39 is 20.0 Å². The van der Waals surface area contributed by atoms with E-state index in [0.717, 1.165) is 38.5 Å². The SMILES string of the molecule is CCCCCCCCC=CCCCCCCCCCCCCCCCC(=O)N[C@@H](COP(=O)([O-])OCC[N+](C)(C)C)[C@H](O)C=CCCCCCCCCCCCCC. The molecule has 0 aromatic heterocycles. The number of amides is 1. The lowest BCUT2D eigenvalue weighted by Crippen LogP contribution is -2.45. The zero-order chi connectivity index (χ0) is 42.8. The molecule has 1 unspecified atom stereocenters. The molecule has 0 heterocycles. The fourth-order valence-corrected chi connectivity index (χ4v) is 7.93. The second-order valence-corrected chi connectivity index (χ2v) is 19.6. The predicted octanol–water partition coefficient (Wildman–Crippen LogP) is 13.5. The molecule has 0 rings (SSSR count). The van der Waals surface area contributed by atoms with Crippen LogP contribution in [0, 0.1) is 0 Å². The first-order valence-corrected chi connectivity index (χ1v) is 26.2. The van der Waals surface area contributed by atoms with Gasteiger partial charge >= 0.3 is 0 Å². The molecule has 0 bridgehead atoms. The molecule has 0 spiro atoms. The van der Waals surface area contributed by atoms with Crippen molar-refractivity contribution < 1.29 is 32.9 Å². The summed E-state index contributed by atoms with van der Waals surface area (Å²) in [5.74, 6) is -0.196. The Balaban J connectivity index is 4.23. The highest BCUT2D eigenvalue weighted by Crippen LogP contribution is 2.38. The largest absolute Gasteiger partial charge is 0.756 e. The van der Waals surface area contributed by atoms with Crippen molar-refractivity contribution in [3.05, 3.63) is 24.3 Å². The summed E-state index contributed by atoms with van der Waals surface area (Å²) in [7, 11) is 1.27. The maximum Gasteiger partial charge on any atom is 0.268 e. The number of nitrogens with one attached hydrogen (secondary N) is 1. The molecule has 0 saturated heterocycles. The van der Waals surface area contributed by atoms with Crippen LogP contribution in [0.4, 0.5) is 0 Å². The average molecular weight is 841 g/mol. The van der Waals surface area contributed by atoms with Gasteiger partial charge in [-0.1, -0.05) is 205 Å². The summed E-state index contributed by atoms with van der Waals surface area (Å²) in [5.41, 5.74) is 0. The topological polar surface area (TPSA) is 108 Å². The standard InChI is InChI=1S/C49H97N2O6P/c1-6-8-10-12-14-16-18-20-21-22-23-24-25-26-27-28-29-31-33-35-37-39-41-43-49(53)50-47(46-57-58(54,55)56-45-44-51(3,4)5)48(52)42-40-38-36-34-32-30-19-17-15-13-11-9-7-2/h20-21,40,42,47-48,52H,6-19,22-39,41,43-46H2,1-5H3,(H-,50,53,54,55)/t47-,48+/m0/s1. The third-order valence-corrected chi connectivity index (χ3v) is 12.1. The summed E-state index contributed by atoms with van der Waals surface area (Å²) in [5, 5.41) is 13.8. The van der Waals surface area contributed by atoms with Gasteiger partial charge in [-0.25, -0.2) is 0 Å². The van der Waals surface area contributed by atoms with E-state index >= 15 is 0 Å². The number of hydrogen-bond acceptors (Lipinski definition) is 6. The Morgan fingerprint density at radius 3 is 1.34 bits per heavy atom.